The van der Waals surface area contributed by atoms with E-state index in [4.69, 9.17) is 16.3 Å². The minimum atomic E-state index is -1.07. The summed E-state index contributed by atoms with van der Waals surface area (Å²) in [6.07, 6.45) is 0.946. The molecule has 0 saturated carbocycles. The predicted octanol–water partition coefficient (Wildman–Crippen LogP) is 4.42. The standard InChI is InChI=1S/C19H15ClF3N3O2/c1-10-5-12(20)17(28-2)7-16(10)24-19-25-18(27)15(23)9-26(19)8-11-3-4-13(21)14(22)6-11/h3-7,9H,8H2,1-2H3,(H,24,25,27). The highest BCUT2D eigenvalue weighted by molar-refractivity contribution is 6.32. The lowest BCUT2D eigenvalue weighted by molar-refractivity contribution is 0.415. The second-order valence-corrected chi connectivity index (χ2v) is 6.43. The number of hydrogen-bond donors (Lipinski definition) is 1. The SMILES string of the molecule is COc1cc(Nc2nc(=O)c(F)cn2Cc2ccc(F)c(F)c2)c(C)cc1Cl. The van der Waals surface area contributed by atoms with Gasteiger partial charge in [-0.15, -0.1) is 0 Å². The van der Waals surface area contributed by atoms with Gasteiger partial charge in [-0.3, -0.25) is 4.79 Å². The topological polar surface area (TPSA) is 56.1 Å². The predicted molar refractivity (Wildman–Crippen MR) is 99.9 cm³/mol. The number of nitrogens with zero attached hydrogens (tertiary/aromatic N) is 2. The Morgan fingerprint density at radius 2 is 1.89 bits per heavy atom. The van der Waals surface area contributed by atoms with Gasteiger partial charge >= 0.3 is 5.56 Å². The average molecular weight is 410 g/mol. The molecule has 0 atom stereocenters. The Balaban J connectivity index is 2.02. The number of aryl methyl sites for hydroxylation is 1. The largest absolute Gasteiger partial charge is 0.495 e. The molecule has 0 amide bonds. The first-order valence-corrected chi connectivity index (χ1v) is 8.48. The van der Waals surface area contributed by atoms with Gasteiger partial charge in [-0.1, -0.05) is 17.7 Å². The molecule has 0 aliphatic rings. The molecule has 0 aliphatic carbocycles. The first-order chi connectivity index (χ1) is 13.3. The minimum Gasteiger partial charge on any atom is -0.495 e. The zero-order chi connectivity index (χ0) is 20.4. The van der Waals surface area contributed by atoms with Crippen LogP contribution >= 0.6 is 11.6 Å². The first kappa shape index (κ1) is 19.8. The maximum Gasteiger partial charge on any atom is 0.310 e. The maximum absolute atomic E-state index is 13.8. The second kappa shape index (κ2) is 7.93. The summed E-state index contributed by atoms with van der Waals surface area (Å²) in [6, 6.07) is 6.58. The van der Waals surface area contributed by atoms with Crippen molar-refractivity contribution in [1.29, 1.82) is 0 Å². The molecule has 3 rings (SSSR count). The molecule has 0 fully saturated rings. The Hall–Kier alpha value is -3.00. The molecule has 0 bridgehead atoms. The highest BCUT2D eigenvalue weighted by Crippen LogP contribution is 2.32. The molecule has 5 nitrogen and oxygen atoms in total. The summed E-state index contributed by atoms with van der Waals surface area (Å²) < 4.78 is 46.9. The molecule has 1 heterocycles. The molecule has 0 spiro atoms. The third kappa shape index (κ3) is 4.12. The van der Waals surface area contributed by atoms with Gasteiger partial charge in [0.2, 0.25) is 11.8 Å². The fraction of sp³-hybridized carbons (Fsp3) is 0.158. The Kier molecular flexibility index (Phi) is 5.60. The molecule has 1 N–H and O–H groups in total. The van der Waals surface area contributed by atoms with Gasteiger partial charge in [0.15, 0.2) is 11.6 Å². The van der Waals surface area contributed by atoms with E-state index in [-0.39, 0.29) is 12.5 Å². The van der Waals surface area contributed by atoms with E-state index in [0.29, 0.717) is 22.0 Å². The van der Waals surface area contributed by atoms with Crippen LogP contribution in [0.15, 0.2) is 41.3 Å². The monoisotopic (exact) mass is 409 g/mol. The van der Waals surface area contributed by atoms with Gasteiger partial charge in [0.1, 0.15) is 5.75 Å². The summed E-state index contributed by atoms with van der Waals surface area (Å²) in [6.45, 7) is 1.72. The zero-order valence-corrected chi connectivity index (χ0v) is 15.6. The number of anilines is 2. The van der Waals surface area contributed by atoms with Crippen LogP contribution in [0.3, 0.4) is 0 Å². The highest BCUT2D eigenvalue weighted by Gasteiger charge is 2.13. The number of methoxy groups -OCH3 is 1. The third-order valence-electron chi connectivity index (χ3n) is 4.04. The van der Waals surface area contributed by atoms with Gasteiger partial charge < -0.3 is 14.6 Å². The molecule has 0 radical (unpaired) electrons. The maximum atomic E-state index is 13.8. The average Bonchev–Trinajstić information content (AvgIpc) is 2.64. The zero-order valence-electron chi connectivity index (χ0n) is 14.9. The van der Waals surface area contributed by atoms with E-state index in [1.54, 1.807) is 19.1 Å². The molecule has 1 aromatic heterocycles. The molecule has 0 aliphatic heterocycles. The molecule has 146 valence electrons. The van der Waals surface area contributed by atoms with Gasteiger partial charge in [-0.05, 0) is 36.2 Å². The minimum absolute atomic E-state index is 0.0172. The summed E-state index contributed by atoms with van der Waals surface area (Å²) in [5, 5.41) is 3.34. The van der Waals surface area contributed by atoms with Gasteiger partial charge in [0.05, 0.1) is 18.7 Å². The number of hydrogen-bond acceptors (Lipinski definition) is 4. The van der Waals surface area contributed by atoms with Crippen molar-refractivity contribution in [3.8, 4) is 5.75 Å². The molecule has 3 aromatic rings. The lowest BCUT2D eigenvalue weighted by atomic mass is 10.2. The summed E-state index contributed by atoms with van der Waals surface area (Å²) in [7, 11) is 1.45. The molecule has 0 saturated heterocycles. The van der Waals surface area contributed by atoms with Crippen molar-refractivity contribution in [3.05, 3.63) is 80.5 Å². The van der Waals surface area contributed by atoms with Crippen LogP contribution < -0.4 is 15.6 Å². The molecular formula is C19H15ClF3N3O2. The van der Waals surface area contributed by atoms with Crippen LogP contribution in [0.25, 0.3) is 0 Å². The fourth-order valence-electron chi connectivity index (χ4n) is 2.59. The normalized spacial score (nSPS) is 10.8. The Morgan fingerprint density at radius 1 is 1.14 bits per heavy atom. The lowest BCUT2D eigenvalue weighted by Gasteiger charge is -2.16. The van der Waals surface area contributed by atoms with E-state index >= 15 is 0 Å². The van der Waals surface area contributed by atoms with E-state index in [2.05, 4.69) is 10.3 Å². The quantitative estimate of drug-likeness (QED) is 0.677. The summed E-state index contributed by atoms with van der Waals surface area (Å²) in [5.41, 5.74) is 0.558. The first-order valence-electron chi connectivity index (χ1n) is 8.10. The summed E-state index contributed by atoms with van der Waals surface area (Å²) in [5.74, 6) is -2.68. The fourth-order valence-corrected chi connectivity index (χ4v) is 2.88. The van der Waals surface area contributed by atoms with Crippen molar-refractivity contribution in [1.82, 2.24) is 9.55 Å². The van der Waals surface area contributed by atoms with Gasteiger partial charge in [0, 0.05) is 18.0 Å². The summed E-state index contributed by atoms with van der Waals surface area (Å²) >= 11 is 6.08. The lowest BCUT2D eigenvalue weighted by Crippen LogP contribution is -2.20. The van der Waals surface area contributed by atoms with Gasteiger partial charge in [0.25, 0.3) is 0 Å². The van der Waals surface area contributed by atoms with Crippen LogP contribution in [0.2, 0.25) is 5.02 Å². The Morgan fingerprint density at radius 3 is 2.57 bits per heavy atom. The number of nitrogens with one attached hydrogen (secondary N) is 1. The van der Waals surface area contributed by atoms with Crippen LogP contribution in [0.5, 0.6) is 5.75 Å². The molecule has 2 aromatic carbocycles. The van der Waals surface area contributed by atoms with Crippen LogP contribution in [0, 0.1) is 24.4 Å². The Bertz CT molecular complexity index is 1100. The van der Waals surface area contributed by atoms with E-state index in [1.165, 1.54) is 17.7 Å². The molecule has 28 heavy (non-hydrogen) atoms. The number of rotatable bonds is 5. The van der Waals surface area contributed by atoms with Gasteiger partial charge in [-0.25, -0.2) is 8.78 Å². The molecule has 9 heteroatoms. The van der Waals surface area contributed by atoms with Crippen LogP contribution in [0.1, 0.15) is 11.1 Å². The second-order valence-electron chi connectivity index (χ2n) is 6.02. The van der Waals surface area contributed by atoms with Crippen molar-refractivity contribution >= 4 is 23.2 Å². The van der Waals surface area contributed by atoms with Gasteiger partial charge in [-0.2, -0.15) is 9.37 Å². The number of aromatic nitrogens is 2. The van der Waals surface area contributed by atoms with E-state index in [9.17, 15) is 18.0 Å². The van der Waals surface area contributed by atoms with Crippen molar-refractivity contribution in [2.24, 2.45) is 0 Å². The van der Waals surface area contributed by atoms with Crippen molar-refractivity contribution in [3.63, 3.8) is 0 Å². The van der Waals surface area contributed by atoms with Crippen LogP contribution in [-0.4, -0.2) is 16.7 Å². The van der Waals surface area contributed by atoms with Crippen LogP contribution in [0.4, 0.5) is 24.8 Å². The van der Waals surface area contributed by atoms with Crippen molar-refractivity contribution < 1.29 is 17.9 Å². The number of halogens is 4. The van der Waals surface area contributed by atoms with E-state index in [1.807, 2.05) is 0 Å². The van der Waals surface area contributed by atoms with Crippen LogP contribution in [-0.2, 0) is 6.54 Å². The van der Waals surface area contributed by atoms with E-state index < -0.39 is 23.0 Å². The Labute approximate surface area is 163 Å². The highest BCUT2D eigenvalue weighted by atomic mass is 35.5. The summed E-state index contributed by atoms with van der Waals surface area (Å²) in [4.78, 5) is 15.4. The van der Waals surface area contributed by atoms with E-state index in [0.717, 1.165) is 23.9 Å². The molecular weight excluding hydrogens is 395 g/mol. The smallest absolute Gasteiger partial charge is 0.310 e. The third-order valence-corrected chi connectivity index (χ3v) is 4.33. The number of benzene rings is 2. The van der Waals surface area contributed by atoms with Crippen molar-refractivity contribution in [2.75, 3.05) is 12.4 Å². The molecule has 0 unspecified atom stereocenters. The van der Waals surface area contributed by atoms with Crippen molar-refractivity contribution in [2.45, 2.75) is 13.5 Å². The number of ether oxygens (including phenoxy) is 1.